The van der Waals surface area contributed by atoms with E-state index in [-0.39, 0.29) is 11.4 Å². The molecule has 0 spiro atoms. The molecular formula is C18H24BrNO2. The minimum absolute atomic E-state index is 0.0403. The van der Waals surface area contributed by atoms with Crippen molar-refractivity contribution in [2.75, 3.05) is 6.54 Å². The van der Waals surface area contributed by atoms with Crippen LogP contribution in [0.3, 0.4) is 0 Å². The van der Waals surface area contributed by atoms with Crippen LogP contribution in [0, 0.1) is 5.41 Å². The number of esters is 1. The Kier molecular flexibility index (Phi) is 4.11. The summed E-state index contributed by atoms with van der Waals surface area (Å²) in [6, 6.07) is 6.86. The summed E-state index contributed by atoms with van der Waals surface area (Å²) in [4.78, 5) is 12.4. The molecule has 1 saturated carbocycles. The van der Waals surface area contributed by atoms with Crippen molar-refractivity contribution in [3.05, 3.63) is 33.8 Å². The molecule has 1 N–H and O–H groups in total. The average molecular weight is 366 g/mol. The summed E-state index contributed by atoms with van der Waals surface area (Å²) in [5.41, 5.74) is 2.10. The molecule has 0 bridgehead atoms. The van der Waals surface area contributed by atoms with Crippen LogP contribution in [-0.2, 0) is 16.0 Å². The highest BCUT2D eigenvalue weighted by molar-refractivity contribution is 9.10. The van der Waals surface area contributed by atoms with E-state index in [1.54, 1.807) is 0 Å². The van der Waals surface area contributed by atoms with E-state index in [1.807, 2.05) is 20.8 Å². The van der Waals surface area contributed by atoms with E-state index in [9.17, 15) is 4.79 Å². The van der Waals surface area contributed by atoms with Crippen molar-refractivity contribution in [2.24, 2.45) is 5.41 Å². The van der Waals surface area contributed by atoms with Gasteiger partial charge in [0.15, 0.2) is 0 Å². The number of nitrogens with one attached hydrogen (secondary N) is 1. The molecule has 1 unspecified atom stereocenters. The number of carbonyl (C=O) groups is 1. The maximum Gasteiger partial charge on any atom is 0.313 e. The number of aryl methyl sites for hydroxylation is 1. The van der Waals surface area contributed by atoms with Crippen LogP contribution in [0.1, 0.15) is 57.2 Å². The number of hydrogen-bond acceptors (Lipinski definition) is 3. The third-order valence-corrected chi connectivity index (χ3v) is 5.05. The standard InChI is InChI=1S/C18H24BrNO2/c1-17(2,3)22-16(21)18(8-9-18)11-20-15-7-4-12-10-13(19)5-6-14(12)15/h5-6,10,15,20H,4,7-9,11H2,1-3H3. The van der Waals surface area contributed by atoms with Gasteiger partial charge >= 0.3 is 5.97 Å². The van der Waals surface area contributed by atoms with E-state index >= 15 is 0 Å². The molecule has 3 rings (SSSR count). The van der Waals surface area contributed by atoms with Crippen LogP contribution >= 0.6 is 15.9 Å². The van der Waals surface area contributed by atoms with E-state index in [4.69, 9.17) is 4.74 Å². The van der Waals surface area contributed by atoms with Gasteiger partial charge in [-0.05, 0) is 69.7 Å². The first-order valence-corrected chi connectivity index (χ1v) is 8.84. The molecule has 22 heavy (non-hydrogen) atoms. The molecule has 0 aliphatic heterocycles. The fourth-order valence-corrected chi connectivity index (χ4v) is 3.52. The van der Waals surface area contributed by atoms with E-state index < -0.39 is 5.60 Å². The van der Waals surface area contributed by atoms with E-state index in [1.165, 1.54) is 11.1 Å². The van der Waals surface area contributed by atoms with Gasteiger partial charge in [0.25, 0.3) is 0 Å². The van der Waals surface area contributed by atoms with Crippen molar-refractivity contribution in [1.29, 1.82) is 0 Å². The number of benzene rings is 1. The SMILES string of the molecule is CC(C)(C)OC(=O)C1(CNC2CCc3cc(Br)ccc32)CC1. The first kappa shape index (κ1) is 16.0. The van der Waals surface area contributed by atoms with E-state index in [2.05, 4.69) is 39.4 Å². The lowest BCUT2D eigenvalue weighted by Crippen LogP contribution is -2.36. The van der Waals surface area contributed by atoms with Crippen LogP contribution in [0.2, 0.25) is 0 Å². The normalized spacial score (nSPS) is 22.3. The number of carbonyl (C=O) groups excluding carboxylic acids is 1. The lowest BCUT2D eigenvalue weighted by molar-refractivity contribution is -0.161. The molecule has 1 fully saturated rings. The molecule has 0 radical (unpaired) electrons. The molecular weight excluding hydrogens is 342 g/mol. The van der Waals surface area contributed by atoms with Gasteiger partial charge in [-0.2, -0.15) is 0 Å². The van der Waals surface area contributed by atoms with Crippen molar-refractivity contribution >= 4 is 21.9 Å². The first-order chi connectivity index (χ1) is 10.3. The molecule has 0 heterocycles. The summed E-state index contributed by atoms with van der Waals surface area (Å²) < 4.78 is 6.72. The second kappa shape index (κ2) is 5.64. The number of halogens is 1. The second-order valence-electron chi connectivity index (χ2n) is 7.60. The smallest absolute Gasteiger partial charge is 0.313 e. The molecule has 3 nitrogen and oxygen atoms in total. The van der Waals surface area contributed by atoms with Gasteiger partial charge in [-0.25, -0.2) is 0 Å². The molecule has 2 aliphatic rings. The van der Waals surface area contributed by atoms with Crippen LogP contribution in [-0.4, -0.2) is 18.1 Å². The Bertz CT molecular complexity index is 587. The van der Waals surface area contributed by atoms with Gasteiger partial charge in [0, 0.05) is 17.1 Å². The minimum Gasteiger partial charge on any atom is -0.460 e. The lowest BCUT2D eigenvalue weighted by Gasteiger charge is -2.25. The molecule has 2 aliphatic carbocycles. The molecule has 1 atom stereocenters. The van der Waals surface area contributed by atoms with Crippen LogP contribution in [0.5, 0.6) is 0 Å². The Labute approximate surface area is 140 Å². The average Bonchev–Trinajstić information content (AvgIpc) is 3.10. The van der Waals surface area contributed by atoms with E-state index in [0.29, 0.717) is 6.04 Å². The summed E-state index contributed by atoms with van der Waals surface area (Å²) in [7, 11) is 0. The zero-order valence-electron chi connectivity index (χ0n) is 13.5. The second-order valence-corrected chi connectivity index (χ2v) is 8.51. The summed E-state index contributed by atoms with van der Waals surface area (Å²) >= 11 is 3.53. The molecule has 120 valence electrons. The topological polar surface area (TPSA) is 38.3 Å². The third kappa shape index (κ3) is 3.38. The monoisotopic (exact) mass is 365 g/mol. The summed E-state index contributed by atoms with van der Waals surface area (Å²) in [6.45, 7) is 6.51. The fourth-order valence-electron chi connectivity index (χ4n) is 3.11. The Morgan fingerprint density at radius 2 is 2.14 bits per heavy atom. The summed E-state index contributed by atoms with van der Waals surface area (Å²) in [6.07, 6.45) is 4.09. The number of rotatable bonds is 4. The minimum atomic E-state index is -0.404. The number of hydrogen-bond donors (Lipinski definition) is 1. The van der Waals surface area contributed by atoms with Crippen molar-refractivity contribution in [3.8, 4) is 0 Å². The summed E-state index contributed by atoms with van der Waals surface area (Å²) in [5.74, 6) is -0.0403. The van der Waals surface area contributed by atoms with E-state index in [0.717, 1.165) is 36.7 Å². The summed E-state index contributed by atoms with van der Waals surface area (Å²) in [5, 5.41) is 3.61. The van der Waals surface area contributed by atoms with Gasteiger partial charge in [-0.1, -0.05) is 22.0 Å². The first-order valence-electron chi connectivity index (χ1n) is 8.04. The van der Waals surface area contributed by atoms with Gasteiger partial charge < -0.3 is 10.1 Å². The molecule has 1 aromatic carbocycles. The Morgan fingerprint density at radius 3 is 2.77 bits per heavy atom. The quantitative estimate of drug-likeness (QED) is 0.814. The zero-order valence-corrected chi connectivity index (χ0v) is 15.1. The van der Waals surface area contributed by atoms with Crippen LogP contribution in [0.15, 0.2) is 22.7 Å². The molecule has 1 aromatic rings. The fraction of sp³-hybridized carbons (Fsp3) is 0.611. The highest BCUT2D eigenvalue weighted by Gasteiger charge is 2.52. The van der Waals surface area contributed by atoms with Gasteiger partial charge in [0.05, 0.1) is 5.41 Å². The lowest BCUT2D eigenvalue weighted by atomic mass is 10.0. The van der Waals surface area contributed by atoms with Crippen LogP contribution < -0.4 is 5.32 Å². The number of fused-ring (bicyclic) bond motifs is 1. The van der Waals surface area contributed by atoms with Gasteiger partial charge in [-0.15, -0.1) is 0 Å². The predicted octanol–water partition coefficient (Wildman–Crippen LogP) is 4.15. The molecule has 0 saturated heterocycles. The van der Waals surface area contributed by atoms with Crippen molar-refractivity contribution in [3.63, 3.8) is 0 Å². The highest BCUT2D eigenvalue weighted by atomic mass is 79.9. The van der Waals surface area contributed by atoms with Crippen molar-refractivity contribution in [1.82, 2.24) is 5.32 Å². The third-order valence-electron chi connectivity index (χ3n) is 4.56. The van der Waals surface area contributed by atoms with Crippen LogP contribution in [0.25, 0.3) is 0 Å². The molecule has 0 amide bonds. The maximum absolute atomic E-state index is 12.4. The van der Waals surface area contributed by atoms with Gasteiger partial charge in [0.2, 0.25) is 0 Å². The highest BCUT2D eigenvalue weighted by Crippen LogP contribution is 2.47. The van der Waals surface area contributed by atoms with Gasteiger partial charge in [0.1, 0.15) is 5.60 Å². The molecule has 4 heteroatoms. The maximum atomic E-state index is 12.4. The largest absolute Gasteiger partial charge is 0.460 e. The van der Waals surface area contributed by atoms with Gasteiger partial charge in [-0.3, -0.25) is 4.79 Å². The van der Waals surface area contributed by atoms with Crippen molar-refractivity contribution in [2.45, 2.75) is 58.1 Å². The Hall–Kier alpha value is -0.870. The van der Waals surface area contributed by atoms with Crippen LogP contribution in [0.4, 0.5) is 0 Å². The molecule has 0 aromatic heterocycles. The Morgan fingerprint density at radius 1 is 1.41 bits per heavy atom. The van der Waals surface area contributed by atoms with Crippen molar-refractivity contribution < 1.29 is 9.53 Å². The number of ether oxygens (including phenoxy) is 1. The zero-order chi connectivity index (χ0) is 16.0. The Balaban J connectivity index is 1.61. The predicted molar refractivity (Wildman–Crippen MR) is 90.7 cm³/mol.